The molecule has 0 spiro atoms. The molecule has 1 N–H and O–H groups in total. The number of aliphatic imine (C=N–C) groups is 1. The van der Waals surface area contributed by atoms with Crippen molar-refractivity contribution in [2.75, 3.05) is 33.8 Å². The Hall–Kier alpha value is -0.980. The van der Waals surface area contributed by atoms with Crippen LogP contribution in [0.5, 0.6) is 5.75 Å². The summed E-state index contributed by atoms with van der Waals surface area (Å²) in [5, 5.41) is 3.63. The van der Waals surface area contributed by atoms with Crippen LogP contribution in [0.4, 0.5) is 0 Å². The number of nitrogens with zero attached hydrogens (tertiary/aromatic N) is 2. The van der Waals surface area contributed by atoms with E-state index in [9.17, 15) is 0 Å². The van der Waals surface area contributed by atoms with E-state index in [-0.39, 0.29) is 29.4 Å². The molecule has 2 aliphatic rings. The maximum absolute atomic E-state index is 5.57. The SMILES string of the molecule is CN=C(NCC1(c2ccccc2OC)CC1)N1CCCC(C)C1.I. The summed E-state index contributed by atoms with van der Waals surface area (Å²) in [4.78, 5) is 6.92. The van der Waals surface area contributed by atoms with E-state index in [0.29, 0.717) is 0 Å². The van der Waals surface area contributed by atoms with Crippen molar-refractivity contribution < 1.29 is 4.74 Å². The summed E-state index contributed by atoms with van der Waals surface area (Å²) in [7, 11) is 3.65. The molecule has 1 aliphatic heterocycles. The molecule has 1 atom stereocenters. The van der Waals surface area contributed by atoms with Crippen LogP contribution in [0, 0.1) is 5.92 Å². The smallest absolute Gasteiger partial charge is 0.193 e. The summed E-state index contributed by atoms with van der Waals surface area (Å²) in [6.45, 7) is 5.49. The number of ether oxygens (including phenoxy) is 1. The van der Waals surface area contributed by atoms with Gasteiger partial charge in [0.15, 0.2) is 5.96 Å². The van der Waals surface area contributed by atoms with Crippen molar-refractivity contribution in [3.63, 3.8) is 0 Å². The molecule has 1 heterocycles. The number of methoxy groups -OCH3 is 1. The van der Waals surface area contributed by atoms with Crippen molar-refractivity contribution in [1.29, 1.82) is 0 Å². The third kappa shape index (κ3) is 4.16. The van der Waals surface area contributed by atoms with Gasteiger partial charge in [-0.25, -0.2) is 0 Å². The summed E-state index contributed by atoms with van der Waals surface area (Å²) in [5.41, 5.74) is 1.54. The van der Waals surface area contributed by atoms with Crippen molar-refractivity contribution in [3.8, 4) is 5.75 Å². The number of para-hydroxylation sites is 1. The Morgan fingerprint density at radius 2 is 2.12 bits per heavy atom. The minimum atomic E-state index is 0. The molecule has 0 aromatic heterocycles. The lowest BCUT2D eigenvalue weighted by molar-refractivity contribution is 0.265. The van der Waals surface area contributed by atoms with Crippen molar-refractivity contribution in [2.45, 2.75) is 38.0 Å². The van der Waals surface area contributed by atoms with Crippen LogP contribution in [0.1, 0.15) is 38.2 Å². The molecule has 1 aromatic rings. The average molecular weight is 443 g/mol. The number of benzene rings is 1. The molecule has 1 unspecified atom stereocenters. The van der Waals surface area contributed by atoms with Crippen LogP contribution in [0.15, 0.2) is 29.3 Å². The largest absolute Gasteiger partial charge is 0.496 e. The highest BCUT2D eigenvalue weighted by Gasteiger charge is 2.46. The lowest BCUT2D eigenvalue weighted by Crippen LogP contribution is -2.48. The second-order valence-electron chi connectivity index (χ2n) is 7.07. The van der Waals surface area contributed by atoms with Crippen LogP contribution in [0.25, 0.3) is 0 Å². The van der Waals surface area contributed by atoms with Gasteiger partial charge in [0.2, 0.25) is 0 Å². The van der Waals surface area contributed by atoms with Crippen LogP contribution in [0.3, 0.4) is 0 Å². The molecule has 2 fully saturated rings. The molecular weight excluding hydrogens is 413 g/mol. The number of nitrogens with one attached hydrogen (secondary N) is 1. The van der Waals surface area contributed by atoms with E-state index in [0.717, 1.165) is 37.3 Å². The zero-order valence-electron chi connectivity index (χ0n) is 15.0. The fraction of sp³-hybridized carbons (Fsp3) is 0.632. The van der Waals surface area contributed by atoms with E-state index in [1.807, 2.05) is 13.1 Å². The summed E-state index contributed by atoms with van der Waals surface area (Å²) >= 11 is 0. The molecule has 3 rings (SSSR count). The Morgan fingerprint density at radius 3 is 2.75 bits per heavy atom. The summed E-state index contributed by atoms with van der Waals surface area (Å²) < 4.78 is 5.57. The van der Waals surface area contributed by atoms with Gasteiger partial charge in [-0.05, 0) is 37.7 Å². The fourth-order valence-electron chi connectivity index (χ4n) is 3.74. The Morgan fingerprint density at radius 1 is 1.38 bits per heavy atom. The Bertz CT molecular complexity index is 571. The summed E-state index contributed by atoms with van der Waals surface area (Å²) in [6.07, 6.45) is 5.03. The normalized spacial score (nSPS) is 22.5. The molecule has 0 bridgehead atoms. The molecular formula is C19H30IN3O. The molecule has 1 aromatic carbocycles. The van der Waals surface area contributed by atoms with Crippen LogP contribution in [-0.4, -0.2) is 44.7 Å². The Kier molecular flexibility index (Phi) is 6.78. The van der Waals surface area contributed by atoms with Gasteiger partial charge in [0.1, 0.15) is 5.75 Å². The highest BCUT2D eigenvalue weighted by atomic mass is 127. The van der Waals surface area contributed by atoms with Gasteiger partial charge >= 0.3 is 0 Å². The molecule has 1 saturated heterocycles. The van der Waals surface area contributed by atoms with Crippen molar-refractivity contribution in [1.82, 2.24) is 10.2 Å². The number of halogens is 1. The van der Waals surface area contributed by atoms with E-state index < -0.39 is 0 Å². The second-order valence-corrected chi connectivity index (χ2v) is 7.07. The number of piperidine rings is 1. The lowest BCUT2D eigenvalue weighted by atomic mass is 9.95. The molecule has 1 saturated carbocycles. The predicted molar refractivity (Wildman–Crippen MR) is 111 cm³/mol. The van der Waals surface area contributed by atoms with Gasteiger partial charge in [-0.15, -0.1) is 24.0 Å². The molecule has 24 heavy (non-hydrogen) atoms. The summed E-state index contributed by atoms with van der Waals surface area (Å²) in [5.74, 6) is 2.82. The Labute approximate surface area is 163 Å². The summed E-state index contributed by atoms with van der Waals surface area (Å²) in [6, 6.07) is 8.43. The molecule has 0 radical (unpaired) electrons. The highest BCUT2D eigenvalue weighted by Crippen LogP contribution is 2.50. The van der Waals surface area contributed by atoms with Crippen molar-refractivity contribution in [2.24, 2.45) is 10.9 Å². The second kappa shape index (κ2) is 8.41. The van der Waals surface area contributed by atoms with Gasteiger partial charge < -0.3 is 15.0 Å². The molecule has 0 amide bonds. The van der Waals surface area contributed by atoms with Gasteiger partial charge in [-0.1, -0.05) is 25.1 Å². The third-order valence-corrected chi connectivity index (χ3v) is 5.29. The molecule has 1 aliphatic carbocycles. The first-order valence-electron chi connectivity index (χ1n) is 8.77. The van der Waals surface area contributed by atoms with E-state index in [2.05, 4.69) is 40.3 Å². The number of hydrogen-bond acceptors (Lipinski definition) is 2. The zero-order valence-corrected chi connectivity index (χ0v) is 17.4. The quantitative estimate of drug-likeness (QED) is 0.439. The van der Waals surface area contributed by atoms with Gasteiger partial charge in [0, 0.05) is 37.7 Å². The lowest BCUT2D eigenvalue weighted by Gasteiger charge is -2.34. The van der Waals surface area contributed by atoms with Gasteiger partial charge in [-0.2, -0.15) is 0 Å². The minimum Gasteiger partial charge on any atom is -0.496 e. The van der Waals surface area contributed by atoms with Crippen molar-refractivity contribution in [3.05, 3.63) is 29.8 Å². The number of hydrogen-bond donors (Lipinski definition) is 1. The van der Waals surface area contributed by atoms with Crippen molar-refractivity contribution >= 4 is 29.9 Å². The van der Waals surface area contributed by atoms with E-state index in [1.165, 1.54) is 31.2 Å². The van der Waals surface area contributed by atoms with Crippen LogP contribution < -0.4 is 10.1 Å². The topological polar surface area (TPSA) is 36.9 Å². The predicted octanol–water partition coefficient (Wildman–Crippen LogP) is 3.65. The maximum atomic E-state index is 5.57. The first-order chi connectivity index (χ1) is 11.2. The first kappa shape index (κ1) is 19.3. The van der Waals surface area contributed by atoms with Gasteiger partial charge in [-0.3, -0.25) is 4.99 Å². The standard InChI is InChI=1S/C19H29N3O.HI/c1-15-7-6-12-22(13-15)18(20-2)21-14-19(10-11-19)16-8-4-5-9-17(16)23-3;/h4-5,8-9,15H,6-7,10-14H2,1-3H3,(H,20,21);1H. The number of rotatable bonds is 4. The first-order valence-corrected chi connectivity index (χ1v) is 8.77. The van der Waals surface area contributed by atoms with Gasteiger partial charge in [0.05, 0.1) is 7.11 Å². The monoisotopic (exact) mass is 443 g/mol. The maximum Gasteiger partial charge on any atom is 0.193 e. The van der Waals surface area contributed by atoms with Crippen LogP contribution in [0.2, 0.25) is 0 Å². The highest BCUT2D eigenvalue weighted by molar-refractivity contribution is 14.0. The zero-order chi connectivity index (χ0) is 16.3. The number of likely N-dealkylation sites (tertiary alicyclic amines) is 1. The number of guanidine groups is 1. The van der Waals surface area contributed by atoms with Crippen LogP contribution in [-0.2, 0) is 5.41 Å². The molecule has 5 heteroatoms. The fourth-order valence-corrected chi connectivity index (χ4v) is 3.74. The average Bonchev–Trinajstić information content (AvgIpc) is 3.36. The van der Waals surface area contributed by atoms with E-state index >= 15 is 0 Å². The van der Waals surface area contributed by atoms with E-state index in [4.69, 9.17) is 4.74 Å². The minimum absolute atomic E-state index is 0. The molecule has 4 nitrogen and oxygen atoms in total. The Balaban J connectivity index is 0.00000208. The van der Waals surface area contributed by atoms with Crippen LogP contribution >= 0.6 is 24.0 Å². The van der Waals surface area contributed by atoms with Gasteiger partial charge in [0.25, 0.3) is 0 Å². The molecule has 134 valence electrons. The third-order valence-electron chi connectivity index (χ3n) is 5.29. The van der Waals surface area contributed by atoms with E-state index in [1.54, 1.807) is 7.11 Å².